The zero-order chi connectivity index (χ0) is 16.7. The van der Waals surface area contributed by atoms with Gasteiger partial charge < -0.3 is 24.1 Å². The summed E-state index contributed by atoms with van der Waals surface area (Å²) in [7, 11) is 3.31. The van der Waals surface area contributed by atoms with E-state index in [1.165, 1.54) is 0 Å². The first-order valence-electron chi connectivity index (χ1n) is 7.27. The van der Waals surface area contributed by atoms with Crippen LogP contribution in [-0.4, -0.2) is 43.3 Å². The van der Waals surface area contributed by atoms with Crippen molar-refractivity contribution in [3.63, 3.8) is 0 Å². The number of furan rings is 1. The van der Waals surface area contributed by atoms with Crippen molar-refractivity contribution in [2.75, 3.05) is 32.7 Å². The fourth-order valence-corrected chi connectivity index (χ4v) is 1.90. The van der Waals surface area contributed by atoms with E-state index in [1.807, 2.05) is 13.0 Å². The van der Waals surface area contributed by atoms with Crippen molar-refractivity contribution < 1.29 is 18.7 Å². The first kappa shape index (κ1) is 16.8. The number of pyridine rings is 1. The maximum Gasteiger partial charge on any atom is 0.322 e. The molecule has 2 rings (SSSR count). The van der Waals surface area contributed by atoms with Crippen LogP contribution in [-0.2, 0) is 4.74 Å². The molecule has 0 aliphatic heterocycles. The second-order valence-electron chi connectivity index (χ2n) is 4.96. The van der Waals surface area contributed by atoms with Crippen LogP contribution in [0.2, 0.25) is 0 Å². The van der Waals surface area contributed by atoms with Crippen LogP contribution >= 0.6 is 0 Å². The fraction of sp³-hybridized carbons (Fsp3) is 0.375. The Morgan fingerprint density at radius 1 is 1.43 bits per heavy atom. The summed E-state index contributed by atoms with van der Waals surface area (Å²) in [5, 5.41) is 2.81. The summed E-state index contributed by atoms with van der Waals surface area (Å²) in [6, 6.07) is 6.57. The molecule has 124 valence electrons. The van der Waals surface area contributed by atoms with E-state index in [0.29, 0.717) is 24.8 Å². The summed E-state index contributed by atoms with van der Waals surface area (Å²) in [4.78, 5) is 18.0. The van der Waals surface area contributed by atoms with E-state index in [4.69, 9.17) is 13.9 Å². The molecule has 2 aromatic heterocycles. The maximum atomic E-state index is 12.3. The van der Waals surface area contributed by atoms with Crippen molar-refractivity contribution >= 4 is 11.7 Å². The largest absolute Gasteiger partial charge is 0.475 e. The molecule has 1 N–H and O–H groups in total. The monoisotopic (exact) mass is 319 g/mol. The molecule has 0 aliphatic rings. The molecule has 7 nitrogen and oxygen atoms in total. The Labute approximate surface area is 135 Å². The van der Waals surface area contributed by atoms with Gasteiger partial charge in [0.05, 0.1) is 18.9 Å². The molecule has 2 heterocycles. The number of carbonyl (C=O) groups excluding carboxylic acids is 1. The fourth-order valence-electron chi connectivity index (χ4n) is 1.90. The van der Waals surface area contributed by atoms with Crippen LogP contribution in [0.4, 0.5) is 10.5 Å². The van der Waals surface area contributed by atoms with Crippen LogP contribution < -0.4 is 10.1 Å². The Morgan fingerprint density at radius 3 is 2.96 bits per heavy atom. The van der Waals surface area contributed by atoms with Crippen LogP contribution in [0.1, 0.15) is 18.7 Å². The average Bonchev–Trinajstić information content (AvgIpc) is 3.08. The normalized spacial score (nSPS) is 11.8. The van der Waals surface area contributed by atoms with Gasteiger partial charge in [-0.25, -0.2) is 9.78 Å². The molecular weight excluding hydrogens is 298 g/mol. The first-order chi connectivity index (χ1) is 11.1. The molecule has 0 bridgehead atoms. The van der Waals surface area contributed by atoms with Gasteiger partial charge in [-0.3, -0.25) is 0 Å². The van der Waals surface area contributed by atoms with Gasteiger partial charge in [0, 0.05) is 32.1 Å². The Bertz CT molecular complexity index is 616. The van der Waals surface area contributed by atoms with Gasteiger partial charge in [-0.2, -0.15) is 0 Å². The number of hydrogen-bond acceptors (Lipinski definition) is 5. The molecule has 0 fully saturated rings. The van der Waals surface area contributed by atoms with Gasteiger partial charge in [-0.15, -0.1) is 0 Å². The zero-order valence-electron chi connectivity index (χ0n) is 13.5. The van der Waals surface area contributed by atoms with E-state index in [-0.39, 0.29) is 12.1 Å². The van der Waals surface area contributed by atoms with Crippen LogP contribution in [0.15, 0.2) is 41.1 Å². The molecular formula is C16H21N3O4. The van der Waals surface area contributed by atoms with Crippen molar-refractivity contribution in [1.29, 1.82) is 0 Å². The number of amides is 2. The van der Waals surface area contributed by atoms with Gasteiger partial charge in [-0.05, 0) is 25.1 Å². The molecule has 0 aliphatic carbocycles. The number of methoxy groups -OCH3 is 1. The zero-order valence-corrected chi connectivity index (χ0v) is 13.5. The number of ether oxygens (including phenoxy) is 2. The topological polar surface area (TPSA) is 76.8 Å². The minimum Gasteiger partial charge on any atom is -0.475 e. The Hall–Kier alpha value is -2.54. The van der Waals surface area contributed by atoms with E-state index in [9.17, 15) is 4.79 Å². The average molecular weight is 319 g/mol. The number of hydrogen-bond donors (Lipinski definition) is 1. The first-order valence-corrected chi connectivity index (χ1v) is 7.27. The summed E-state index contributed by atoms with van der Waals surface area (Å²) >= 11 is 0. The van der Waals surface area contributed by atoms with E-state index in [0.717, 1.165) is 5.76 Å². The molecule has 0 saturated heterocycles. The molecule has 7 heteroatoms. The summed E-state index contributed by atoms with van der Waals surface area (Å²) in [5.74, 6) is 1.16. The van der Waals surface area contributed by atoms with E-state index in [1.54, 1.807) is 49.7 Å². The van der Waals surface area contributed by atoms with Crippen molar-refractivity contribution in [2.24, 2.45) is 0 Å². The molecule has 2 amide bonds. The van der Waals surface area contributed by atoms with E-state index < -0.39 is 0 Å². The van der Waals surface area contributed by atoms with Crippen LogP contribution in [0.5, 0.6) is 5.88 Å². The second kappa shape index (κ2) is 8.19. The molecule has 0 spiro atoms. The number of carbonyl (C=O) groups is 1. The minimum atomic E-state index is -0.247. The number of nitrogens with zero attached hydrogens (tertiary/aromatic N) is 2. The highest BCUT2D eigenvalue weighted by Gasteiger charge is 2.19. The molecule has 2 aromatic rings. The highest BCUT2D eigenvalue weighted by molar-refractivity contribution is 5.89. The Morgan fingerprint density at radius 2 is 2.26 bits per heavy atom. The molecule has 0 saturated carbocycles. The van der Waals surface area contributed by atoms with Gasteiger partial charge in [-0.1, -0.05) is 0 Å². The van der Waals surface area contributed by atoms with Gasteiger partial charge >= 0.3 is 6.03 Å². The quantitative estimate of drug-likeness (QED) is 0.794. The van der Waals surface area contributed by atoms with Gasteiger partial charge in [0.1, 0.15) is 12.4 Å². The third-order valence-corrected chi connectivity index (χ3v) is 3.38. The molecule has 0 radical (unpaired) electrons. The number of rotatable bonds is 7. The number of aromatic nitrogens is 1. The summed E-state index contributed by atoms with van der Waals surface area (Å²) in [6.07, 6.45) is 3.16. The predicted octanol–water partition coefficient (Wildman–Crippen LogP) is 2.92. The Kier molecular flexibility index (Phi) is 5.99. The predicted molar refractivity (Wildman–Crippen MR) is 85.5 cm³/mol. The molecule has 0 unspecified atom stereocenters. The number of anilines is 1. The van der Waals surface area contributed by atoms with E-state index in [2.05, 4.69) is 10.3 Å². The van der Waals surface area contributed by atoms with Crippen molar-refractivity contribution in [2.45, 2.75) is 13.0 Å². The summed E-state index contributed by atoms with van der Waals surface area (Å²) in [6.45, 7) is 2.77. The molecule has 23 heavy (non-hydrogen) atoms. The van der Waals surface area contributed by atoms with Crippen LogP contribution in [0.25, 0.3) is 0 Å². The lowest BCUT2D eigenvalue weighted by molar-refractivity contribution is 0.144. The van der Waals surface area contributed by atoms with Gasteiger partial charge in [0.15, 0.2) is 0 Å². The third kappa shape index (κ3) is 4.72. The van der Waals surface area contributed by atoms with Crippen LogP contribution in [0.3, 0.4) is 0 Å². The van der Waals surface area contributed by atoms with E-state index >= 15 is 0 Å². The third-order valence-electron chi connectivity index (χ3n) is 3.38. The number of urea groups is 1. The SMILES string of the molecule is COCCOc1cc(NC(=O)N(C)[C@@H](C)c2ccco2)ccn1. The lowest BCUT2D eigenvalue weighted by atomic mass is 10.2. The van der Waals surface area contributed by atoms with Crippen molar-refractivity contribution in [1.82, 2.24) is 9.88 Å². The minimum absolute atomic E-state index is 0.177. The Balaban J connectivity index is 1.95. The maximum absolute atomic E-state index is 12.3. The molecule has 1 atom stereocenters. The lowest BCUT2D eigenvalue weighted by Crippen LogP contribution is -2.33. The summed E-state index contributed by atoms with van der Waals surface area (Å²) < 4.78 is 15.7. The number of nitrogens with one attached hydrogen (secondary N) is 1. The van der Waals surface area contributed by atoms with Crippen molar-refractivity contribution in [3.8, 4) is 5.88 Å². The van der Waals surface area contributed by atoms with Crippen LogP contribution in [0, 0.1) is 0 Å². The highest BCUT2D eigenvalue weighted by atomic mass is 16.5. The summed E-state index contributed by atoms with van der Waals surface area (Å²) in [5.41, 5.74) is 0.607. The molecule has 0 aromatic carbocycles. The van der Waals surface area contributed by atoms with Gasteiger partial charge in [0.25, 0.3) is 0 Å². The second-order valence-corrected chi connectivity index (χ2v) is 4.96. The standard InChI is InChI=1S/C16H21N3O4/c1-12(14-5-4-8-22-14)19(2)16(20)18-13-6-7-17-15(11-13)23-10-9-21-3/h4-8,11-12H,9-10H2,1-3H3,(H,17,18,20)/t12-/m0/s1. The van der Waals surface area contributed by atoms with Gasteiger partial charge in [0.2, 0.25) is 5.88 Å². The highest BCUT2D eigenvalue weighted by Crippen LogP contribution is 2.20. The van der Waals surface area contributed by atoms with Crippen molar-refractivity contribution in [3.05, 3.63) is 42.5 Å². The lowest BCUT2D eigenvalue weighted by Gasteiger charge is -2.23. The smallest absolute Gasteiger partial charge is 0.322 e.